The predicted molar refractivity (Wildman–Crippen MR) is 125 cm³/mol. The maximum Gasteiger partial charge on any atom is 0.238 e. The molecule has 2 aromatic carbocycles. The van der Waals surface area contributed by atoms with Crippen molar-refractivity contribution in [1.29, 1.82) is 0 Å². The first-order valence-corrected chi connectivity index (χ1v) is 11.6. The molecule has 0 atom stereocenters. The Kier molecular flexibility index (Phi) is 7.34. The highest BCUT2D eigenvalue weighted by Crippen LogP contribution is 2.27. The highest BCUT2D eigenvalue weighted by Gasteiger charge is 2.21. The van der Waals surface area contributed by atoms with Crippen LogP contribution in [0.3, 0.4) is 0 Å². The zero-order chi connectivity index (χ0) is 22.3. The number of hydrogen-bond acceptors (Lipinski definition) is 5. The van der Waals surface area contributed by atoms with Crippen LogP contribution in [0.5, 0.6) is 0 Å². The third-order valence-electron chi connectivity index (χ3n) is 5.38. The van der Waals surface area contributed by atoms with Crippen LogP contribution >= 0.6 is 11.8 Å². The Hall–Kier alpha value is -2.97. The molecule has 0 spiro atoms. The lowest BCUT2D eigenvalue weighted by molar-refractivity contribution is -0.128. The number of para-hydroxylation sites is 1. The Bertz CT molecular complexity index is 1100. The number of anilines is 1. The number of amides is 2. The smallest absolute Gasteiger partial charge is 0.238 e. The van der Waals surface area contributed by atoms with E-state index in [0.29, 0.717) is 31.7 Å². The Labute approximate surface area is 190 Å². The largest absolute Gasteiger partial charge is 0.341 e. The summed E-state index contributed by atoms with van der Waals surface area (Å²) in [6, 6.07) is 15.7. The summed E-state index contributed by atoms with van der Waals surface area (Å²) in [5.41, 5.74) is 1.49. The van der Waals surface area contributed by atoms with Crippen LogP contribution in [0.25, 0.3) is 10.9 Å². The number of nitrogens with zero attached hydrogens (tertiary/aromatic N) is 3. The Morgan fingerprint density at radius 2 is 1.88 bits per heavy atom. The molecule has 3 aromatic rings. The molecule has 166 valence electrons. The highest BCUT2D eigenvalue weighted by atomic mass is 32.2. The molecule has 2 amide bonds. The molecule has 0 radical (unpaired) electrons. The fourth-order valence-corrected chi connectivity index (χ4v) is 4.69. The second-order valence-corrected chi connectivity index (χ2v) is 8.70. The molecular formula is C24H25FN4O2S. The second kappa shape index (κ2) is 10.6. The monoisotopic (exact) mass is 452 g/mol. The molecule has 6 nitrogen and oxygen atoms in total. The van der Waals surface area contributed by atoms with E-state index in [9.17, 15) is 14.0 Å². The third-order valence-corrected chi connectivity index (χ3v) is 6.44. The van der Waals surface area contributed by atoms with Crippen molar-refractivity contribution in [2.24, 2.45) is 0 Å². The fourth-order valence-electron chi connectivity index (χ4n) is 3.75. The molecule has 1 fully saturated rings. The summed E-state index contributed by atoms with van der Waals surface area (Å²) in [6.07, 6.45) is 2.50. The molecule has 0 aliphatic carbocycles. The van der Waals surface area contributed by atoms with Crippen molar-refractivity contribution in [3.8, 4) is 0 Å². The van der Waals surface area contributed by atoms with E-state index in [4.69, 9.17) is 0 Å². The summed E-state index contributed by atoms with van der Waals surface area (Å²) < 4.78 is 13.7. The first-order chi connectivity index (χ1) is 15.6. The summed E-state index contributed by atoms with van der Waals surface area (Å²) in [7, 11) is 0. The average molecular weight is 453 g/mol. The molecule has 1 saturated heterocycles. The number of pyridine rings is 1. The van der Waals surface area contributed by atoms with Gasteiger partial charge in [0.15, 0.2) is 0 Å². The first-order valence-electron chi connectivity index (χ1n) is 10.6. The van der Waals surface area contributed by atoms with Crippen molar-refractivity contribution in [2.75, 3.05) is 43.8 Å². The van der Waals surface area contributed by atoms with Crippen LogP contribution < -0.4 is 5.32 Å². The first kappa shape index (κ1) is 22.2. The minimum Gasteiger partial charge on any atom is -0.341 e. The van der Waals surface area contributed by atoms with Crippen LogP contribution in [0.4, 0.5) is 10.1 Å². The van der Waals surface area contributed by atoms with Gasteiger partial charge in [-0.05, 0) is 42.8 Å². The molecule has 0 saturated carbocycles. The lowest BCUT2D eigenvalue weighted by Gasteiger charge is -2.21. The molecule has 0 bridgehead atoms. The topological polar surface area (TPSA) is 65.5 Å². The molecule has 1 aliphatic heterocycles. The summed E-state index contributed by atoms with van der Waals surface area (Å²) >= 11 is 1.40. The van der Waals surface area contributed by atoms with Gasteiger partial charge in [0.05, 0.1) is 17.8 Å². The molecule has 1 aliphatic rings. The minimum atomic E-state index is -0.317. The molecule has 2 heterocycles. The second-order valence-electron chi connectivity index (χ2n) is 7.68. The molecule has 4 rings (SSSR count). The Morgan fingerprint density at radius 1 is 1.03 bits per heavy atom. The normalized spacial score (nSPS) is 14.8. The summed E-state index contributed by atoms with van der Waals surface area (Å²) in [4.78, 5) is 34.2. The van der Waals surface area contributed by atoms with Gasteiger partial charge in [0.1, 0.15) is 5.82 Å². The minimum absolute atomic E-state index is 0.0481. The van der Waals surface area contributed by atoms with Gasteiger partial charge in [0.2, 0.25) is 11.8 Å². The van der Waals surface area contributed by atoms with Crippen molar-refractivity contribution in [3.63, 3.8) is 0 Å². The van der Waals surface area contributed by atoms with E-state index < -0.39 is 0 Å². The van der Waals surface area contributed by atoms with E-state index in [1.807, 2.05) is 41.3 Å². The van der Waals surface area contributed by atoms with Crippen LogP contribution in [0.1, 0.15) is 6.42 Å². The zero-order valence-electron chi connectivity index (χ0n) is 17.7. The van der Waals surface area contributed by atoms with E-state index in [0.717, 1.165) is 28.9 Å². The standard InChI is InChI=1S/C24H25FN4O2S/c25-18-7-8-21-20(15-18)22(9-10-26-21)32-17-24(31)29-12-4-11-28(13-14-29)16-23(30)27-19-5-2-1-3-6-19/h1-3,5-10,15H,4,11-14,16-17H2,(H,27,30). The Balaban J connectivity index is 1.28. The molecule has 32 heavy (non-hydrogen) atoms. The third kappa shape index (κ3) is 5.83. The number of thioether (sulfide) groups is 1. The quantitative estimate of drug-likeness (QED) is 0.579. The number of hydrogen-bond donors (Lipinski definition) is 1. The van der Waals surface area contributed by atoms with Crippen molar-refractivity contribution in [2.45, 2.75) is 11.3 Å². The SMILES string of the molecule is O=C(CN1CCCN(C(=O)CSc2ccnc3ccc(F)cc23)CC1)Nc1ccccc1. The van der Waals surface area contributed by atoms with Crippen molar-refractivity contribution >= 4 is 40.2 Å². The number of benzene rings is 2. The molecule has 0 unspecified atom stereocenters. The number of carbonyl (C=O) groups is 2. The van der Waals surface area contributed by atoms with Gasteiger partial charge < -0.3 is 10.2 Å². The summed E-state index contributed by atoms with van der Waals surface area (Å²) in [5.74, 6) is -0.0396. The number of aromatic nitrogens is 1. The van der Waals surface area contributed by atoms with Crippen molar-refractivity contribution in [3.05, 3.63) is 66.6 Å². The zero-order valence-corrected chi connectivity index (χ0v) is 18.5. The van der Waals surface area contributed by atoms with Gasteiger partial charge in [-0.15, -0.1) is 11.8 Å². The van der Waals surface area contributed by atoms with Gasteiger partial charge >= 0.3 is 0 Å². The van der Waals surface area contributed by atoms with Crippen LogP contribution in [0.2, 0.25) is 0 Å². The number of carbonyl (C=O) groups excluding carboxylic acids is 2. The maximum atomic E-state index is 13.7. The van der Waals surface area contributed by atoms with Crippen LogP contribution in [0.15, 0.2) is 65.7 Å². The summed E-state index contributed by atoms with van der Waals surface area (Å²) in [6.45, 7) is 2.99. The maximum absolute atomic E-state index is 13.7. The fraction of sp³-hybridized carbons (Fsp3) is 0.292. The summed E-state index contributed by atoms with van der Waals surface area (Å²) in [5, 5.41) is 3.62. The van der Waals surface area contributed by atoms with Crippen molar-refractivity contribution in [1.82, 2.24) is 14.8 Å². The van der Waals surface area contributed by atoms with Crippen LogP contribution in [0, 0.1) is 5.82 Å². The van der Waals surface area contributed by atoms with Crippen LogP contribution in [-0.4, -0.2) is 65.1 Å². The average Bonchev–Trinajstić information content (AvgIpc) is 3.03. The molecule has 1 N–H and O–H groups in total. The lowest BCUT2D eigenvalue weighted by Crippen LogP contribution is -2.38. The van der Waals surface area contributed by atoms with Gasteiger partial charge in [0.25, 0.3) is 0 Å². The lowest BCUT2D eigenvalue weighted by atomic mass is 10.2. The number of rotatable bonds is 6. The highest BCUT2D eigenvalue weighted by molar-refractivity contribution is 8.00. The van der Waals surface area contributed by atoms with E-state index in [1.54, 1.807) is 12.3 Å². The number of nitrogens with one attached hydrogen (secondary N) is 1. The van der Waals surface area contributed by atoms with E-state index in [2.05, 4.69) is 15.2 Å². The predicted octanol–water partition coefficient (Wildman–Crippen LogP) is 3.64. The van der Waals surface area contributed by atoms with Gasteiger partial charge in [-0.3, -0.25) is 19.5 Å². The molecule has 8 heteroatoms. The van der Waals surface area contributed by atoms with Gasteiger partial charge in [-0.1, -0.05) is 18.2 Å². The van der Waals surface area contributed by atoms with Crippen molar-refractivity contribution < 1.29 is 14.0 Å². The number of halogens is 1. The van der Waals surface area contributed by atoms with Gasteiger partial charge in [-0.25, -0.2) is 4.39 Å². The van der Waals surface area contributed by atoms with Gasteiger partial charge in [-0.2, -0.15) is 0 Å². The van der Waals surface area contributed by atoms with E-state index in [-0.39, 0.29) is 23.4 Å². The molecule has 1 aromatic heterocycles. The van der Waals surface area contributed by atoms with E-state index >= 15 is 0 Å². The van der Waals surface area contributed by atoms with E-state index in [1.165, 1.54) is 23.9 Å². The number of fused-ring (bicyclic) bond motifs is 1. The van der Waals surface area contributed by atoms with Crippen LogP contribution in [-0.2, 0) is 9.59 Å². The Morgan fingerprint density at radius 3 is 2.72 bits per heavy atom. The molecular weight excluding hydrogens is 427 g/mol. The van der Waals surface area contributed by atoms with Gasteiger partial charge in [0, 0.05) is 48.3 Å².